The first-order chi connectivity index (χ1) is 8.95. The van der Waals surface area contributed by atoms with E-state index in [9.17, 15) is 4.79 Å². The minimum Gasteiger partial charge on any atom is -0.399 e. The fourth-order valence-electron chi connectivity index (χ4n) is 2.44. The lowest BCUT2D eigenvalue weighted by Gasteiger charge is -2.25. The molecule has 100 valence electrons. The van der Waals surface area contributed by atoms with Gasteiger partial charge in [0.1, 0.15) is 0 Å². The number of amides is 1. The molecule has 1 fully saturated rings. The van der Waals surface area contributed by atoms with E-state index >= 15 is 0 Å². The summed E-state index contributed by atoms with van der Waals surface area (Å²) in [5, 5.41) is 4.19. The minimum atomic E-state index is -0.105. The Hall–Kier alpha value is -1.55. The van der Waals surface area contributed by atoms with Crippen LogP contribution in [0.15, 0.2) is 24.3 Å². The van der Waals surface area contributed by atoms with E-state index < -0.39 is 0 Å². The molecule has 1 aliphatic rings. The third-order valence-electron chi connectivity index (χ3n) is 3.80. The summed E-state index contributed by atoms with van der Waals surface area (Å²) in [6.45, 7) is 4.21. The average Bonchev–Trinajstić information content (AvgIpc) is 3.10. The highest BCUT2D eigenvalue weighted by molar-refractivity contribution is 7.20. The number of fused-ring (bicyclic) bond motifs is 1. The molecule has 0 unspecified atom stereocenters. The zero-order chi connectivity index (χ0) is 13.6. The molecule has 3 N–H and O–H groups in total. The van der Waals surface area contributed by atoms with Crippen molar-refractivity contribution in [2.45, 2.75) is 32.2 Å². The molecule has 3 nitrogen and oxygen atoms in total. The fraction of sp³-hybridized carbons (Fsp3) is 0.400. The molecule has 19 heavy (non-hydrogen) atoms. The lowest BCUT2D eigenvalue weighted by molar-refractivity contribution is 0.0907. The molecule has 0 saturated heterocycles. The van der Waals surface area contributed by atoms with Crippen molar-refractivity contribution in [1.29, 1.82) is 0 Å². The van der Waals surface area contributed by atoms with E-state index in [1.54, 1.807) is 0 Å². The number of benzene rings is 1. The van der Waals surface area contributed by atoms with Crippen LogP contribution in [-0.4, -0.2) is 11.4 Å². The van der Waals surface area contributed by atoms with E-state index in [1.165, 1.54) is 24.2 Å². The summed E-state index contributed by atoms with van der Waals surface area (Å²) in [5.74, 6) is 0.651. The highest BCUT2D eigenvalue weighted by Crippen LogP contribution is 2.39. The van der Waals surface area contributed by atoms with E-state index in [4.69, 9.17) is 5.73 Å². The Morgan fingerprint density at radius 2 is 2.11 bits per heavy atom. The van der Waals surface area contributed by atoms with E-state index in [2.05, 4.69) is 19.2 Å². The average molecular weight is 274 g/mol. The van der Waals surface area contributed by atoms with Gasteiger partial charge in [-0.25, -0.2) is 0 Å². The van der Waals surface area contributed by atoms with Crippen molar-refractivity contribution in [3.8, 4) is 0 Å². The summed E-state index contributed by atoms with van der Waals surface area (Å²) in [6, 6.07) is 7.68. The molecule has 1 aromatic heterocycles. The van der Waals surface area contributed by atoms with Crippen molar-refractivity contribution in [1.82, 2.24) is 5.32 Å². The number of nitrogens with two attached hydrogens (primary N) is 1. The van der Waals surface area contributed by atoms with Crippen molar-refractivity contribution in [3.63, 3.8) is 0 Å². The number of thiophene rings is 1. The maximum absolute atomic E-state index is 12.3. The van der Waals surface area contributed by atoms with Crippen LogP contribution in [0.25, 0.3) is 10.1 Å². The van der Waals surface area contributed by atoms with E-state index in [-0.39, 0.29) is 11.4 Å². The Kier molecular flexibility index (Phi) is 2.78. The number of carbonyl (C=O) groups is 1. The molecule has 1 saturated carbocycles. The molecular formula is C15H18N2OS. The highest BCUT2D eigenvalue weighted by Gasteiger charge is 2.39. The number of hydrogen-bond acceptors (Lipinski definition) is 3. The molecule has 4 heteroatoms. The van der Waals surface area contributed by atoms with Gasteiger partial charge in [-0.2, -0.15) is 0 Å². The van der Waals surface area contributed by atoms with Gasteiger partial charge in [0.25, 0.3) is 5.91 Å². The molecule has 0 atom stereocenters. The Labute approximate surface area is 116 Å². The maximum atomic E-state index is 12.3. The summed E-state index contributed by atoms with van der Waals surface area (Å²) in [7, 11) is 0. The maximum Gasteiger partial charge on any atom is 0.261 e. The molecule has 0 radical (unpaired) electrons. The molecule has 2 aromatic rings. The number of anilines is 1. The number of hydrogen-bond donors (Lipinski definition) is 2. The number of nitrogen functional groups attached to an aromatic ring is 1. The van der Waals surface area contributed by atoms with Crippen LogP contribution in [0.2, 0.25) is 0 Å². The van der Waals surface area contributed by atoms with Crippen molar-refractivity contribution in [2.75, 3.05) is 5.73 Å². The van der Waals surface area contributed by atoms with Crippen LogP contribution in [0.1, 0.15) is 36.4 Å². The van der Waals surface area contributed by atoms with Crippen molar-refractivity contribution < 1.29 is 4.79 Å². The molecule has 0 bridgehead atoms. The first-order valence-corrected chi connectivity index (χ1v) is 7.39. The largest absolute Gasteiger partial charge is 0.399 e. The first kappa shape index (κ1) is 12.5. The minimum absolute atomic E-state index is 0.0247. The van der Waals surface area contributed by atoms with Gasteiger partial charge in [-0.1, -0.05) is 0 Å². The molecule has 1 aromatic carbocycles. The Bertz CT molecular complexity index is 641. The van der Waals surface area contributed by atoms with Crippen LogP contribution in [0.5, 0.6) is 0 Å². The zero-order valence-electron chi connectivity index (χ0n) is 11.2. The lowest BCUT2D eigenvalue weighted by atomic mass is 9.99. The molecule has 0 spiro atoms. The molecule has 1 aliphatic carbocycles. The highest BCUT2D eigenvalue weighted by atomic mass is 32.1. The Morgan fingerprint density at radius 3 is 2.79 bits per heavy atom. The summed E-state index contributed by atoms with van der Waals surface area (Å²) in [6.07, 6.45) is 2.44. The molecule has 0 aliphatic heterocycles. The quantitative estimate of drug-likeness (QED) is 0.843. The first-order valence-electron chi connectivity index (χ1n) is 6.57. The van der Waals surface area contributed by atoms with Gasteiger partial charge in [-0.05, 0) is 62.3 Å². The zero-order valence-corrected chi connectivity index (χ0v) is 12.0. The fourth-order valence-corrected chi connectivity index (χ4v) is 3.37. The van der Waals surface area contributed by atoms with Crippen molar-refractivity contribution in [3.05, 3.63) is 29.1 Å². The second-order valence-electron chi connectivity index (χ2n) is 5.86. The van der Waals surface area contributed by atoms with Crippen LogP contribution in [0.3, 0.4) is 0 Å². The normalized spacial score (nSPS) is 15.7. The van der Waals surface area contributed by atoms with Crippen LogP contribution in [0.4, 0.5) is 5.69 Å². The van der Waals surface area contributed by atoms with Gasteiger partial charge < -0.3 is 11.1 Å². The van der Waals surface area contributed by atoms with E-state index in [0.29, 0.717) is 5.92 Å². The predicted octanol–water partition coefficient (Wildman–Crippen LogP) is 3.40. The molecular weight excluding hydrogens is 256 g/mol. The number of rotatable bonds is 3. The van der Waals surface area contributed by atoms with Gasteiger partial charge in [0, 0.05) is 15.9 Å². The van der Waals surface area contributed by atoms with Gasteiger partial charge >= 0.3 is 0 Å². The topological polar surface area (TPSA) is 55.1 Å². The SMILES string of the molecule is CC(C)(NC(=O)c1cc2cc(N)ccc2s1)C1CC1. The third kappa shape index (κ3) is 2.45. The van der Waals surface area contributed by atoms with Crippen LogP contribution < -0.4 is 11.1 Å². The van der Waals surface area contributed by atoms with Crippen molar-refractivity contribution in [2.24, 2.45) is 5.92 Å². The van der Waals surface area contributed by atoms with Gasteiger partial charge in [-0.15, -0.1) is 11.3 Å². The smallest absolute Gasteiger partial charge is 0.261 e. The van der Waals surface area contributed by atoms with Gasteiger partial charge in [0.15, 0.2) is 0 Å². The van der Waals surface area contributed by atoms with Crippen LogP contribution >= 0.6 is 11.3 Å². The standard InChI is InChI=1S/C15H18N2OS/c1-15(2,10-3-4-10)17-14(18)13-8-9-7-11(16)5-6-12(9)19-13/h5-8,10H,3-4,16H2,1-2H3,(H,17,18). The number of carbonyl (C=O) groups excluding carboxylic acids is 1. The van der Waals surface area contributed by atoms with Crippen LogP contribution in [0, 0.1) is 5.92 Å². The van der Waals surface area contributed by atoms with Crippen molar-refractivity contribution >= 4 is 33.0 Å². The third-order valence-corrected chi connectivity index (χ3v) is 4.91. The summed E-state index contributed by atoms with van der Waals surface area (Å²) in [4.78, 5) is 13.1. The van der Waals surface area contributed by atoms with E-state index in [1.807, 2.05) is 24.3 Å². The predicted molar refractivity (Wildman–Crippen MR) is 80.5 cm³/mol. The monoisotopic (exact) mass is 274 g/mol. The lowest BCUT2D eigenvalue weighted by Crippen LogP contribution is -2.44. The van der Waals surface area contributed by atoms with Crippen LogP contribution in [-0.2, 0) is 0 Å². The summed E-state index contributed by atoms with van der Waals surface area (Å²) < 4.78 is 1.10. The Morgan fingerprint density at radius 1 is 1.37 bits per heavy atom. The second kappa shape index (κ2) is 4.23. The van der Waals surface area contributed by atoms with Gasteiger partial charge in [-0.3, -0.25) is 4.79 Å². The number of nitrogens with one attached hydrogen (secondary N) is 1. The van der Waals surface area contributed by atoms with E-state index in [0.717, 1.165) is 20.7 Å². The Balaban J connectivity index is 1.85. The molecule has 1 heterocycles. The van der Waals surface area contributed by atoms with Gasteiger partial charge in [0.05, 0.1) is 4.88 Å². The second-order valence-corrected chi connectivity index (χ2v) is 6.94. The summed E-state index contributed by atoms with van der Waals surface area (Å²) in [5.41, 5.74) is 6.39. The molecule has 3 rings (SSSR count). The molecule has 1 amide bonds. The van der Waals surface area contributed by atoms with Gasteiger partial charge in [0.2, 0.25) is 0 Å². The summed E-state index contributed by atoms with van der Waals surface area (Å²) >= 11 is 1.52.